The van der Waals surface area contributed by atoms with Crippen molar-refractivity contribution in [2.24, 2.45) is 0 Å². The molecule has 1 saturated heterocycles. The average Bonchev–Trinajstić information content (AvgIpc) is 2.88. The molecular weight excluding hydrogens is 426 g/mol. The molecule has 2 amide bonds. The Labute approximate surface area is 201 Å². The van der Waals surface area contributed by atoms with E-state index in [2.05, 4.69) is 41.4 Å². The fourth-order valence-electron chi connectivity index (χ4n) is 4.01. The minimum absolute atomic E-state index is 0.0533. The fourth-order valence-corrected chi connectivity index (χ4v) is 4.01. The summed E-state index contributed by atoms with van der Waals surface area (Å²) in [5.41, 5.74) is 4.09. The lowest BCUT2D eigenvalue weighted by Crippen LogP contribution is -2.48. The molecule has 3 aromatic carbocycles. The van der Waals surface area contributed by atoms with Gasteiger partial charge in [0.2, 0.25) is 5.91 Å². The third kappa shape index (κ3) is 6.38. The van der Waals surface area contributed by atoms with Gasteiger partial charge in [0, 0.05) is 44.0 Å². The summed E-state index contributed by atoms with van der Waals surface area (Å²) in [4.78, 5) is 29.3. The molecule has 176 valence electrons. The van der Waals surface area contributed by atoms with Crippen LogP contribution < -0.4 is 15.0 Å². The second-order valence-corrected chi connectivity index (χ2v) is 8.50. The van der Waals surface area contributed by atoms with Gasteiger partial charge in [-0.3, -0.25) is 9.59 Å². The van der Waals surface area contributed by atoms with Crippen LogP contribution in [0.2, 0.25) is 0 Å². The van der Waals surface area contributed by atoms with Gasteiger partial charge in [0.15, 0.2) is 0 Å². The van der Waals surface area contributed by atoms with Crippen molar-refractivity contribution in [2.45, 2.75) is 19.9 Å². The molecule has 1 heterocycles. The number of rotatable bonds is 8. The van der Waals surface area contributed by atoms with Gasteiger partial charge in [-0.25, -0.2) is 0 Å². The average molecular weight is 458 g/mol. The Morgan fingerprint density at radius 2 is 1.62 bits per heavy atom. The SMILES string of the molecule is Cc1cccc(N2CCN(C(=O)c3ccc(CNC(=O)CCOc4ccccc4)cc3)CC2)c1. The van der Waals surface area contributed by atoms with E-state index in [4.69, 9.17) is 4.74 Å². The largest absolute Gasteiger partial charge is 0.493 e. The van der Waals surface area contributed by atoms with E-state index in [9.17, 15) is 9.59 Å². The summed E-state index contributed by atoms with van der Waals surface area (Å²) in [6.45, 7) is 5.92. The molecule has 1 N–H and O–H groups in total. The van der Waals surface area contributed by atoms with Crippen molar-refractivity contribution in [3.8, 4) is 5.75 Å². The summed E-state index contributed by atoms with van der Waals surface area (Å²) in [5, 5.41) is 2.90. The van der Waals surface area contributed by atoms with Gasteiger partial charge in [-0.2, -0.15) is 0 Å². The summed E-state index contributed by atoms with van der Waals surface area (Å²) in [6, 6.07) is 25.4. The Hall–Kier alpha value is -3.80. The number of nitrogens with zero attached hydrogens (tertiary/aromatic N) is 2. The van der Waals surface area contributed by atoms with Crippen molar-refractivity contribution in [1.29, 1.82) is 0 Å². The van der Waals surface area contributed by atoms with Crippen LogP contribution >= 0.6 is 0 Å². The first-order valence-corrected chi connectivity index (χ1v) is 11.7. The highest BCUT2D eigenvalue weighted by molar-refractivity contribution is 5.94. The minimum Gasteiger partial charge on any atom is -0.493 e. The predicted octanol–water partition coefficient (Wildman–Crippen LogP) is 4.04. The first-order chi connectivity index (χ1) is 16.6. The summed E-state index contributed by atoms with van der Waals surface area (Å²) in [7, 11) is 0. The highest BCUT2D eigenvalue weighted by Crippen LogP contribution is 2.19. The zero-order chi connectivity index (χ0) is 23.8. The summed E-state index contributed by atoms with van der Waals surface area (Å²) in [6.07, 6.45) is 0.292. The van der Waals surface area contributed by atoms with Gasteiger partial charge in [-0.1, -0.05) is 42.5 Å². The van der Waals surface area contributed by atoms with Crippen molar-refractivity contribution in [2.75, 3.05) is 37.7 Å². The van der Waals surface area contributed by atoms with Gasteiger partial charge in [-0.05, 0) is 54.4 Å². The molecule has 0 aromatic heterocycles. The van der Waals surface area contributed by atoms with Crippen molar-refractivity contribution in [3.63, 3.8) is 0 Å². The van der Waals surface area contributed by atoms with Crippen LogP contribution in [0.4, 0.5) is 5.69 Å². The molecule has 6 heteroatoms. The van der Waals surface area contributed by atoms with Crippen LogP contribution in [-0.4, -0.2) is 49.5 Å². The molecule has 3 aromatic rings. The zero-order valence-electron chi connectivity index (χ0n) is 19.6. The Balaban J connectivity index is 1.20. The van der Waals surface area contributed by atoms with E-state index in [-0.39, 0.29) is 11.8 Å². The third-order valence-corrected chi connectivity index (χ3v) is 5.97. The molecule has 0 spiro atoms. The number of ether oxygens (including phenoxy) is 1. The molecule has 0 atom stereocenters. The topological polar surface area (TPSA) is 61.9 Å². The Bertz CT molecular complexity index is 1090. The third-order valence-electron chi connectivity index (χ3n) is 5.97. The monoisotopic (exact) mass is 457 g/mol. The standard InChI is InChI=1S/C28H31N3O3/c1-22-6-5-7-25(20-22)30-15-17-31(18-16-30)28(33)24-12-10-23(11-13-24)21-29-27(32)14-19-34-26-8-3-2-4-9-26/h2-13,20H,14-19,21H2,1H3,(H,29,32). The van der Waals surface area contributed by atoms with E-state index < -0.39 is 0 Å². The lowest BCUT2D eigenvalue weighted by Gasteiger charge is -2.36. The number of aryl methyl sites for hydroxylation is 1. The highest BCUT2D eigenvalue weighted by atomic mass is 16.5. The van der Waals surface area contributed by atoms with E-state index in [0.717, 1.165) is 24.4 Å². The van der Waals surface area contributed by atoms with Gasteiger partial charge in [0.05, 0.1) is 13.0 Å². The number of nitrogens with one attached hydrogen (secondary N) is 1. The normalized spacial score (nSPS) is 13.4. The van der Waals surface area contributed by atoms with Crippen molar-refractivity contribution >= 4 is 17.5 Å². The quantitative estimate of drug-likeness (QED) is 0.555. The van der Waals surface area contributed by atoms with Crippen LogP contribution in [0.15, 0.2) is 78.9 Å². The molecule has 1 aliphatic heterocycles. The second kappa shape index (κ2) is 11.4. The number of hydrogen-bond donors (Lipinski definition) is 1. The number of anilines is 1. The molecule has 0 aliphatic carbocycles. The summed E-state index contributed by atoms with van der Waals surface area (Å²) >= 11 is 0. The number of para-hydroxylation sites is 1. The molecule has 0 unspecified atom stereocenters. The van der Waals surface area contributed by atoms with Crippen LogP contribution in [-0.2, 0) is 11.3 Å². The zero-order valence-corrected chi connectivity index (χ0v) is 19.6. The molecule has 1 fully saturated rings. The van der Waals surface area contributed by atoms with Crippen LogP contribution in [0.25, 0.3) is 0 Å². The van der Waals surface area contributed by atoms with Crippen LogP contribution in [0.3, 0.4) is 0 Å². The smallest absolute Gasteiger partial charge is 0.253 e. The van der Waals surface area contributed by atoms with Crippen molar-refractivity contribution in [3.05, 3.63) is 95.6 Å². The summed E-state index contributed by atoms with van der Waals surface area (Å²) in [5.74, 6) is 0.743. The maximum Gasteiger partial charge on any atom is 0.253 e. The van der Waals surface area contributed by atoms with Crippen LogP contribution in [0.5, 0.6) is 5.75 Å². The van der Waals surface area contributed by atoms with Gasteiger partial charge >= 0.3 is 0 Å². The van der Waals surface area contributed by atoms with E-state index in [1.807, 2.05) is 59.5 Å². The van der Waals surface area contributed by atoms with Gasteiger partial charge < -0.3 is 19.9 Å². The Morgan fingerprint density at radius 1 is 0.882 bits per heavy atom. The second-order valence-electron chi connectivity index (χ2n) is 8.50. The summed E-state index contributed by atoms with van der Waals surface area (Å²) < 4.78 is 5.56. The van der Waals surface area contributed by atoms with E-state index in [1.54, 1.807) is 0 Å². The highest BCUT2D eigenvalue weighted by Gasteiger charge is 2.22. The van der Waals surface area contributed by atoms with Crippen molar-refractivity contribution in [1.82, 2.24) is 10.2 Å². The molecular formula is C28H31N3O3. The number of carbonyl (C=O) groups excluding carboxylic acids is 2. The fraction of sp³-hybridized carbons (Fsp3) is 0.286. The van der Waals surface area contributed by atoms with E-state index in [1.165, 1.54) is 11.3 Å². The molecule has 6 nitrogen and oxygen atoms in total. The number of carbonyl (C=O) groups is 2. The molecule has 4 rings (SSSR count). The van der Waals surface area contributed by atoms with Crippen LogP contribution in [0, 0.1) is 6.92 Å². The van der Waals surface area contributed by atoms with Gasteiger partial charge in [-0.15, -0.1) is 0 Å². The molecule has 0 saturated carbocycles. The van der Waals surface area contributed by atoms with E-state index in [0.29, 0.717) is 38.2 Å². The van der Waals surface area contributed by atoms with Crippen molar-refractivity contribution < 1.29 is 14.3 Å². The maximum absolute atomic E-state index is 12.9. The van der Waals surface area contributed by atoms with Gasteiger partial charge in [0.1, 0.15) is 5.75 Å². The number of amides is 2. The lowest BCUT2D eigenvalue weighted by molar-refractivity contribution is -0.121. The first-order valence-electron chi connectivity index (χ1n) is 11.7. The Kier molecular flexibility index (Phi) is 7.81. The number of benzene rings is 3. The predicted molar refractivity (Wildman–Crippen MR) is 134 cm³/mol. The number of hydrogen-bond acceptors (Lipinski definition) is 4. The maximum atomic E-state index is 12.9. The lowest BCUT2D eigenvalue weighted by atomic mass is 10.1. The minimum atomic E-state index is -0.0671. The Morgan fingerprint density at radius 3 is 2.32 bits per heavy atom. The molecule has 0 radical (unpaired) electrons. The number of piperazine rings is 1. The first kappa shape index (κ1) is 23.4. The molecule has 0 bridgehead atoms. The van der Waals surface area contributed by atoms with Crippen LogP contribution in [0.1, 0.15) is 27.9 Å². The molecule has 1 aliphatic rings. The molecule has 34 heavy (non-hydrogen) atoms. The van der Waals surface area contributed by atoms with Gasteiger partial charge in [0.25, 0.3) is 5.91 Å². The van der Waals surface area contributed by atoms with E-state index >= 15 is 0 Å².